The van der Waals surface area contributed by atoms with E-state index in [4.69, 9.17) is 0 Å². The Kier molecular flexibility index (Phi) is 5.25. The molecule has 0 fully saturated rings. The molecule has 3 rings (SSSR count). The molecule has 0 bridgehead atoms. The van der Waals surface area contributed by atoms with Crippen molar-refractivity contribution < 1.29 is 9.59 Å². The molecule has 3 N–H and O–H groups in total. The molecule has 2 amide bonds. The number of nitrogens with zero attached hydrogens (tertiary/aromatic N) is 6. The van der Waals surface area contributed by atoms with Crippen LogP contribution in [0.5, 0.6) is 0 Å². The van der Waals surface area contributed by atoms with Crippen LogP contribution in [0.25, 0.3) is 0 Å². The summed E-state index contributed by atoms with van der Waals surface area (Å²) in [6, 6.07) is 0. The van der Waals surface area contributed by atoms with Crippen molar-refractivity contribution in [2.75, 3.05) is 17.7 Å². The lowest BCUT2D eigenvalue weighted by Gasteiger charge is -2.12. The van der Waals surface area contributed by atoms with Gasteiger partial charge in [-0.15, -0.1) is 0 Å². The monoisotopic (exact) mass is 381 g/mol. The molecule has 3 heterocycles. The SMILES string of the molecule is CNC(=O)c1c(NC(=O)c2nc(C)c(C)nc2Nc2cncnc2)cnn1C. The van der Waals surface area contributed by atoms with Crippen molar-refractivity contribution in [3.05, 3.63) is 47.7 Å². The third kappa shape index (κ3) is 3.77. The Bertz CT molecular complexity index is 1030. The molecule has 3 aromatic heterocycles. The van der Waals surface area contributed by atoms with Crippen LogP contribution in [0.2, 0.25) is 0 Å². The first-order valence-electron chi connectivity index (χ1n) is 8.33. The van der Waals surface area contributed by atoms with E-state index in [9.17, 15) is 9.59 Å². The van der Waals surface area contributed by atoms with E-state index >= 15 is 0 Å². The molecule has 144 valence electrons. The zero-order valence-electron chi connectivity index (χ0n) is 15.8. The third-order valence-electron chi connectivity index (χ3n) is 3.97. The molecule has 0 saturated carbocycles. The molecule has 0 aliphatic rings. The Balaban J connectivity index is 1.96. The molecule has 28 heavy (non-hydrogen) atoms. The van der Waals surface area contributed by atoms with Gasteiger partial charge in [0.15, 0.2) is 11.5 Å². The van der Waals surface area contributed by atoms with E-state index in [-0.39, 0.29) is 28.8 Å². The van der Waals surface area contributed by atoms with Gasteiger partial charge < -0.3 is 16.0 Å². The average Bonchev–Trinajstić information content (AvgIpc) is 3.04. The van der Waals surface area contributed by atoms with E-state index in [2.05, 4.69) is 41.0 Å². The summed E-state index contributed by atoms with van der Waals surface area (Å²) in [5.41, 5.74) is 2.39. The summed E-state index contributed by atoms with van der Waals surface area (Å²) in [7, 11) is 3.11. The van der Waals surface area contributed by atoms with Crippen LogP contribution in [0.3, 0.4) is 0 Å². The van der Waals surface area contributed by atoms with Crippen LogP contribution in [0, 0.1) is 13.8 Å². The Hall–Kier alpha value is -3.89. The molecular formula is C17H19N9O2. The molecular weight excluding hydrogens is 362 g/mol. The molecule has 11 heteroatoms. The predicted octanol–water partition coefficient (Wildman–Crippen LogP) is 0.972. The second-order valence-electron chi connectivity index (χ2n) is 5.91. The van der Waals surface area contributed by atoms with Gasteiger partial charge in [0.1, 0.15) is 12.0 Å². The lowest BCUT2D eigenvalue weighted by atomic mass is 10.2. The highest BCUT2D eigenvalue weighted by Crippen LogP contribution is 2.21. The molecule has 0 saturated heterocycles. The Morgan fingerprint density at radius 3 is 2.36 bits per heavy atom. The van der Waals surface area contributed by atoms with Crippen molar-refractivity contribution in [1.29, 1.82) is 0 Å². The van der Waals surface area contributed by atoms with E-state index < -0.39 is 5.91 Å². The van der Waals surface area contributed by atoms with Crippen LogP contribution >= 0.6 is 0 Å². The highest BCUT2D eigenvalue weighted by molar-refractivity contribution is 6.09. The molecule has 0 spiro atoms. The maximum Gasteiger partial charge on any atom is 0.278 e. The molecule has 0 aromatic carbocycles. The van der Waals surface area contributed by atoms with E-state index in [0.29, 0.717) is 17.1 Å². The zero-order chi connectivity index (χ0) is 20.3. The topological polar surface area (TPSA) is 140 Å². The first-order chi connectivity index (χ1) is 13.4. The van der Waals surface area contributed by atoms with Gasteiger partial charge in [-0.1, -0.05) is 0 Å². The number of hydrogen-bond acceptors (Lipinski definition) is 8. The summed E-state index contributed by atoms with van der Waals surface area (Å²) >= 11 is 0. The van der Waals surface area contributed by atoms with Crippen molar-refractivity contribution in [3.63, 3.8) is 0 Å². The summed E-state index contributed by atoms with van der Waals surface area (Å²) in [5.74, 6) is -0.657. The fraction of sp³-hybridized carbons (Fsp3) is 0.235. The number of anilines is 3. The largest absolute Gasteiger partial charge is 0.354 e. The second-order valence-corrected chi connectivity index (χ2v) is 5.91. The van der Waals surface area contributed by atoms with E-state index in [1.807, 2.05) is 0 Å². The Labute approximate surface area is 160 Å². The average molecular weight is 381 g/mol. The summed E-state index contributed by atoms with van der Waals surface area (Å²) in [6.07, 6.45) is 5.90. The Morgan fingerprint density at radius 2 is 1.68 bits per heavy atom. The number of rotatable bonds is 5. The minimum absolute atomic E-state index is 0.0682. The highest BCUT2D eigenvalue weighted by atomic mass is 16.2. The number of hydrogen-bond donors (Lipinski definition) is 3. The molecule has 11 nitrogen and oxygen atoms in total. The smallest absolute Gasteiger partial charge is 0.278 e. The lowest BCUT2D eigenvalue weighted by molar-refractivity contribution is 0.0954. The van der Waals surface area contributed by atoms with Gasteiger partial charge in [-0.25, -0.2) is 19.9 Å². The molecule has 0 radical (unpaired) electrons. The fourth-order valence-electron chi connectivity index (χ4n) is 2.45. The summed E-state index contributed by atoms with van der Waals surface area (Å²) in [4.78, 5) is 41.6. The van der Waals surface area contributed by atoms with Gasteiger partial charge >= 0.3 is 0 Å². The van der Waals surface area contributed by atoms with E-state index in [1.165, 1.54) is 24.3 Å². The predicted molar refractivity (Wildman–Crippen MR) is 101 cm³/mol. The van der Waals surface area contributed by atoms with Gasteiger partial charge in [-0.3, -0.25) is 14.3 Å². The summed E-state index contributed by atoms with van der Waals surface area (Å²) < 4.78 is 1.38. The van der Waals surface area contributed by atoms with Crippen LogP contribution < -0.4 is 16.0 Å². The van der Waals surface area contributed by atoms with Gasteiger partial charge in [0.25, 0.3) is 11.8 Å². The van der Waals surface area contributed by atoms with Crippen LogP contribution in [-0.2, 0) is 7.05 Å². The maximum absolute atomic E-state index is 12.9. The molecule has 0 aliphatic heterocycles. The number of aromatic nitrogens is 6. The second kappa shape index (κ2) is 7.78. The van der Waals surface area contributed by atoms with Crippen LogP contribution in [0.4, 0.5) is 17.2 Å². The number of amides is 2. The maximum atomic E-state index is 12.9. The van der Waals surface area contributed by atoms with E-state index in [0.717, 1.165) is 0 Å². The molecule has 3 aromatic rings. The molecule has 0 aliphatic carbocycles. The van der Waals surface area contributed by atoms with Crippen LogP contribution in [0.15, 0.2) is 24.9 Å². The van der Waals surface area contributed by atoms with Crippen LogP contribution in [-0.4, -0.2) is 48.6 Å². The van der Waals surface area contributed by atoms with Crippen molar-refractivity contribution >= 4 is 29.0 Å². The van der Waals surface area contributed by atoms with Gasteiger partial charge in [-0.2, -0.15) is 5.10 Å². The van der Waals surface area contributed by atoms with Crippen molar-refractivity contribution in [2.24, 2.45) is 7.05 Å². The van der Waals surface area contributed by atoms with Gasteiger partial charge in [0.2, 0.25) is 0 Å². The summed E-state index contributed by atoms with van der Waals surface area (Å²) in [5, 5.41) is 12.2. The third-order valence-corrected chi connectivity index (χ3v) is 3.97. The fourth-order valence-corrected chi connectivity index (χ4v) is 2.45. The standard InChI is InChI=1S/C17H19N9O2/c1-9-10(2)23-15(24-11-5-19-8-20-6-11)13(22-9)16(27)25-12-7-21-26(4)14(12)17(28)18-3/h5-8H,1-4H3,(H,18,28)(H,23,24)(H,25,27). The van der Waals surface area contributed by atoms with Crippen LogP contribution in [0.1, 0.15) is 32.4 Å². The first-order valence-corrected chi connectivity index (χ1v) is 8.33. The van der Waals surface area contributed by atoms with Crippen molar-refractivity contribution in [2.45, 2.75) is 13.8 Å². The minimum atomic E-state index is -0.534. The normalized spacial score (nSPS) is 10.4. The zero-order valence-corrected chi connectivity index (χ0v) is 15.8. The van der Waals surface area contributed by atoms with Crippen molar-refractivity contribution in [1.82, 2.24) is 35.0 Å². The summed E-state index contributed by atoms with van der Waals surface area (Å²) in [6.45, 7) is 3.55. The van der Waals surface area contributed by atoms with Gasteiger partial charge in [0, 0.05) is 14.1 Å². The first kappa shape index (κ1) is 18.9. The Morgan fingerprint density at radius 1 is 1.00 bits per heavy atom. The number of aryl methyl sites for hydroxylation is 3. The van der Waals surface area contributed by atoms with Gasteiger partial charge in [-0.05, 0) is 13.8 Å². The van der Waals surface area contributed by atoms with Crippen molar-refractivity contribution in [3.8, 4) is 0 Å². The van der Waals surface area contributed by atoms with E-state index in [1.54, 1.807) is 33.3 Å². The minimum Gasteiger partial charge on any atom is -0.354 e. The number of carbonyl (C=O) groups excluding carboxylic acids is 2. The quantitative estimate of drug-likeness (QED) is 0.594. The number of nitrogens with one attached hydrogen (secondary N) is 3. The number of carbonyl (C=O) groups is 2. The lowest BCUT2D eigenvalue weighted by Crippen LogP contribution is -2.24. The van der Waals surface area contributed by atoms with Gasteiger partial charge in [0.05, 0.1) is 41.4 Å². The molecule has 0 unspecified atom stereocenters. The highest BCUT2D eigenvalue weighted by Gasteiger charge is 2.22. The molecule has 0 atom stereocenters.